The molecule has 1 saturated heterocycles. The normalized spacial score (nSPS) is 21.2. The summed E-state index contributed by atoms with van der Waals surface area (Å²) in [5.74, 6) is 0. The Morgan fingerprint density at radius 1 is 1.00 bits per heavy atom. The Hall–Kier alpha value is -0.120. The van der Waals surface area contributed by atoms with Gasteiger partial charge in [-0.25, -0.2) is 0 Å². The average molecular weight is 227 g/mol. The van der Waals surface area contributed by atoms with Crippen LogP contribution in [0.15, 0.2) is 0 Å². The Labute approximate surface area is 101 Å². The molecule has 0 aromatic heterocycles. The maximum absolute atomic E-state index is 5.92. The molecule has 1 aliphatic rings. The van der Waals surface area contributed by atoms with E-state index < -0.39 is 0 Å². The summed E-state index contributed by atoms with van der Waals surface area (Å²) in [6.45, 7) is 12.0. The van der Waals surface area contributed by atoms with Crippen LogP contribution < -0.4 is 5.73 Å². The van der Waals surface area contributed by atoms with E-state index in [1.807, 2.05) is 0 Å². The fourth-order valence-corrected chi connectivity index (χ4v) is 2.33. The third-order valence-corrected chi connectivity index (χ3v) is 3.58. The van der Waals surface area contributed by atoms with Crippen LogP contribution in [0.4, 0.5) is 0 Å². The number of hydrogen-bond donors (Lipinski definition) is 1. The van der Waals surface area contributed by atoms with Crippen molar-refractivity contribution in [2.45, 2.75) is 45.6 Å². The lowest BCUT2D eigenvalue weighted by molar-refractivity contribution is 0.130. The Kier molecular flexibility index (Phi) is 7.01. The van der Waals surface area contributed by atoms with Gasteiger partial charge in [0.2, 0.25) is 0 Å². The zero-order valence-electron chi connectivity index (χ0n) is 11.1. The minimum Gasteiger partial charge on any atom is -0.328 e. The highest BCUT2D eigenvalue weighted by Gasteiger charge is 2.15. The molecule has 0 spiro atoms. The number of nitrogens with zero attached hydrogens (tertiary/aromatic N) is 2. The molecule has 96 valence electrons. The van der Waals surface area contributed by atoms with Gasteiger partial charge in [-0.2, -0.15) is 0 Å². The van der Waals surface area contributed by atoms with Crippen LogP contribution in [0.1, 0.15) is 39.5 Å². The number of hydrogen-bond acceptors (Lipinski definition) is 3. The minimum atomic E-state index is 0.418. The number of piperazine rings is 1. The van der Waals surface area contributed by atoms with Crippen molar-refractivity contribution in [2.24, 2.45) is 5.73 Å². The summed E-state index contributed by atoms with van der Waals surface area (Å²) in [4.78, 5) is 5.17. The highest BCUT2D eigenvalue weighted by molar-refractivity contribution is 4.72. The van der Waals surface area contributed by atoms with Crippen LogP contribution in [0, 0.1) is 0 Å². The lowest BCUT2D eigenvalue weighted by Gasteiger charge is -2.34. The summed E-state index contributed by atoms with van der Waals surface area (Å²) in [6, 6.07) is 0.418. The predicted octanol–water partition coefficient (Wildman–Crippen LogP) is 1.53. The first kappa shape index (κ1) is 13.9. The first-order valence-electron chi connectivity index (χ1n) is 6.96. The molecule has 0 bridgehead atoms. The summed E-state index contributed by atoms with van der Waals surface area (Å²) >= 11 is 0. The van der Waals surface area contributed by atoms with E-state index in [-0.39, 0.29) is 0 Å². The maximum Gasteiger partial charge on any atom is 0.0110 e. The van der Waals surface area contributed by atoms with Crippen molar-refractivity contribution in [1.29, 1.82) is 0 Å². The quantitative estimate of drug-likeness (QED) is 0.716. The molecule has 1 unspecified atom stereocenters. The molecule has 3 nitrogen and oxygen atoms in total. The van der Waals surface area contributed by atoms with Gasteiger partial charge in [-0.05, 0) is 38.8 Å². The van der Waals surface area contributed by atoms with Crippen molar-refractivity contribution in [3.8, 4) is 0 Å². The highest BCUT2D eigenvalue weighted by atomic mass is 15.3. The fraction of sp³-hybridized carbons (Fsp3) is 1.00. The van der Waals surface area contributed by atoms with E-state index in [4.69, 9.17) is 5.73 Å². The van der Waals surface area contributed by atoms with E-state index in [0.29, 0.717) is 6.04 Å². The van der Waals surface area contributed by atoms with Gasteiger partial charge in [0.05, 0.1) is 0 Å². The lowest BCUT2D eigenvalue weighted by Crippen LogP contribution is -2.46. The molecule has 0 radical (unpaired) electrons. The standard InChI is InChI=1S/C13H29N3/c1-3-7-15-9-11-16(12-10-15)8-5-6-13(14)4-2/h13H,3-12,14H2,1-2H3. The predicted molar refractivity (Wildman–Crippen MR) is 70.7 cm³/mol. The zero-order valence-corrected chi connectivity index (χ0v) is 11.1. The van der Waals surface area contributed by atoms with E-state index in [2.05, 4.69) is 23.6 Å². The second-order valence-electron chi connectivity index (χ2n) is 4.99. The number of nitrogens with two attached hydrogens (primary N) is 1. The van der Waals surface area contributed by atoms with Crippen LogP contribution in [0.2, 0.25) is 0 Å². The second kappa shape index (κ2) is 8.04. The molecule has 1 aliphatic heterocycles. The molecule has 1 fully saturated rings. The average Bonchev–Trinajstić information content (AvgIpc) is 2.31. The maximum atomic E-state index is 5.92. The molecule has 1 heterocycles. The fourth-order valence-electron chi connectivity index (χ4n) is 2.33. The molecular weight excluding hydrogens is 198 g/mol. The van der Waals surface area contributed by atoms with Gasteiger partial charge in [-0.3, -0.25) is 0 Å². The monoisotopic (exact) mass is 227 g/mol. The van der Waals surface area contributed by atoms with Crippen molar-refractivity contribution in [2.75, 3.05) is 39.3 Å². The topological polar surface area (TPSA) is 32.5 Å². The van der Waals surface area contributed by atoms with Gasteiger partial charge in [-0.15, -0.1) is 0 Å². The van der Waals surface area contributed by atoms with Crippen LogP contribution in [0.5, 0.6) is 0 Å². The highest BCUT2D eigenvalue weighted by Crippen LogP contribution is 2.05. The first-order chi connectivity index (χ1) is 7.76. The van der Waals surface area contributed by atoms with Crippen molar-refractivity contribution < 1.29 is 0 Å². The Bertz CT molecular complexity index is 165. The summed E-state index contributed by atoms with van der Waals surface area (Å²) in [7, 11) is 0. The van der Waals surface area contributed by atoms with Gasteiger partial charge in [-0.1, -0.05) is 13.8 Å². The van der Waals surface area contributed by atoms with Crippen LogP contribution >= 0.6 is 0 Å². The van der Waals surface area contributed by atoms with Crippen molar-refractivity contribution in [1.82, 2.24) is 9.80 Å². The van der Waals surface area contributed by atoms with Crippen LogP contribution in [0.3, 0.4) is 0 Å². The van der Waals surface area contributed by atoms with Gasteiger partial charge in [0.15, 0.2) is 0 Å². The van der Waals surface area contributed by atoms with Crippen molar-refractivity contribution in [3.05, 3.63) is 0 Å². The van der Waals surface area contributed by atoms with E-state index in [1.54, 1.807) is 0 Å². The smallest absolute Gasteiger partial charge is 0.0110 e. The van der Waals surface area contributed by atoms with Gasteiger partial charge in [0.1, 0.15) is 0 Å². The number of rotatable bonds is 7. The van der Waals surface area contributed by atoms with Crippen LogP contribution in [-0.4, -0.2) is 55.1 Å². The lowest BCUT2D eigenvalue weighted by atomic mass is 10.1. The third kappa shape index (κ3) is 5.28. The SMILES string of the molecule is CCCN1CCN(CCCC(N)CC)CC1. The van der Waals surface area contributed by atoms with Gasteiger partial charge in [0, 0.05) is 32.2 Å². The molecule has 0 amide bonds. The van der Waals surface area contributed by atoms with Crippen LogP contribution in [-0.2, 0) is 0 Å². The molecule has 16 heavy (non-hydrogen) atoms. The molecular formula is C13H29N3. The van der Waals surface area contributed by atoms with Crippen molar-refractivity contribution >= 4 is 0 Å². The molecule has 0 aliphatic carbocycles. The Morgan fingerprint density at radius 3 is 2.06 bits per heavy atom. The molecule has 2 N–H and O–H groups in total. The first-order valence-corrected chi connectivity index (χ1v) is 6.96. The summed E-state index contributed by atoms with van der Waals surface area (Å²) < 4.78 is 0. The second-order valence-corrected chi connectivity index (χ2v) is 4.99. The third-order valence-electron chi connectivity index (χ3n) is 3.58. The van der Waals surface area contributed by atoms with Gasteiger partial charge >= 0.3 is 0 Å². The molecule has 1 atom stereocenters. The zero-order chi connectivity index (χ0) is 11.8. The molecule has 0 aromatic carbocycles. The van der Waals surface area contributed by atoms with E-state index in [1.165, 1.54) is 58.5 Å². The molecule has 1 rings (SSSR count). The summed E-state index contributed by atoms with van der Waals surface area (Å²) in [5.41, 5.74) is 5.92. The largest absolute Gasteiger partial charge is 0.328 e. The molecule has 3 heteroatoms. The van der Waals surface area contributed by atoms with Gasteiger partial charge in [0.25, 0.3) is 0 Å². The van der Waals surface area contributed by atoms with E-state index in [9.17, 15) is 0 Å². The van der Waals surface area contributed by atoms with E-state index in [0.717, 1.165) is 6.42 Å². The Balaban J connectivity index is 2.03. The van der Waals surface area contributed by atoms with Crippen LogP contribution in [0.25, 0.3) is 0 Å². The van der Waals surface area contributed by atoms with Crippen molar-refractivity contribution in [3.63, 3.8) is 0 Å². The summed E-state index contributed by atoms with van der Waals surface area (Å²) in [5, 5.41) is 0. The minimum absolute atomic E-state index is 0.418. The molecule has 0 aromatic rings. The van der Waals surface area contributed by atoms with Gasteiger partial charge < -0.3 is 15.5 Å². The van der Waals surface area contributed by atoms with E-state index >= 15 is 0 Å². The Morgan fingerprint density at radius 2 is 1.56 bits per heavy atom. The summed E-state index contributed by atoms with van der Waals surface area (Å²) in [6.07, 6.45) is 4.85. The molecule has 0 saturated carbocycles.